The lowest BCUT2D eigenvalue weighted by Crippen LogP contribution is -2.37. The van der Waals surface area contributed by atoms with Crippen LogP contribution in [0.2, 0.25) is 0 Å². The van der Waals surface area contributed by atoms with E-state index in [1.807, 2.05) is 29.2 Å². The summed E-state index contributed by atoms with van der Waals surface area (Å²) in [5, 5.41) is 2.10. The molecule has 0 spiro atoms. The molecule has 0 aliphatic carbocycles. The average Bonchev–Trinajstić information content (AvgIpc) is 3.09. The van der Waals surface area contributed by atoms with Crippen molar-refractivity contribution in [2.45, 2.75) is 19.4 Å². The predicted molar refractivity (Wildman–Crippen MR) is 96.7 cm³/mol. The molecule has 0 N–H and O–H groups in total. The normalized spacial score (nSPS) is 17.0. The van der Waals surface area contributed by atoms with Crippen molar-refractivity contribution in [1.82, 2.24) is 4.90 Å². The van der Waals surface area contributed by atoms with Crippen LogP contribution >= 0.6 is 11.3 Å². The van der Waals surface area contributed by atoms with Crippen molar-refractivity contribution in [1.29, 1.82) is 0 Å². The lowest BCUT2D eigenvalue weighted by atomic mass is 10.0. The maximum atomic E-state index is 12.6. The minimum absolute atomic E-state index is 0.0288. The summed E-state index contributed by atoms with van der Waals surface area (Å²) in [5.41, 5.74) is 2.15. The monoisotopic (exact) mass is 343 g/mol. The zero-order valence-electron chi connectivity index (χ0n) is 14.1. The van der Waals surface area contributed by atoms with Crippen LogP contribution in [-0.2, 0) is 11.2 Å². The Hall–Kier alpha value is -2.27. The van der Waals surface area contributed by atoms with Gasteiger partial charge in [0.05, 0.1) is 20.3 Å². The molecular formula is C19H21NO3S. The van der Waals surface area contributed by atoms with Crippen LogP contribution in [0.25, 0.3) is 6.08 Å². The summed E-state index contributed by atoms with van der Waals surface area (Å²) in [6.45, 7) is 2.85. The van der Waals surface area contributed by atoms with E-state index in [4.69, 9.17) is 9.47 Å². The summed E-state index contributed by atoms with van der Waals surface area (Å²) in [6.07, 6.45) is 4.37. The number of fused-ring (bicyclic) bond motifs is 1. The van der Waals surface area contributed by atoms with Crippen molar-refractivity contribution in [3.05, 3.63) is 51.7 Å². The molecule has 1 atom stereocenters. The highest BCUT2D eigenvalue weighted by Gasteiger charge is 2.26. The second-order valence-corrected chi connectivity index (χ2v) is 6.74. The van der Waals surface area contributed by atoms with Crippen molar-refractivity contribution in [2.75, 3.05) is 20.8 Å². The topological polar surface area (TPSA) is 38.8 Å². The number of ether oxygens (including phenoxy) is 2. The number of thiophene rings is 1. The van der Waals surface area contributed by atoms with Crippen LogP contribution in [0.3, 0.4) is 0 Å². The van der Waals surface area contributed by atoms with Gasteiger partial charge >= 0.3 is 0 Å². The molecule has 0 fully saturated rings. The van der Waals surface area contributed by atoms with Crippen molar-refractivity contribution in [3.63, 3.8) is 0 Å². The van der Waals surface area contributed by atoms with Crippen LogP contribution in [0.4, 0.5) is 0 Å². The Morgan fingerprint density at radius 3 is 2.62 bits per heavy atom. The summed E-state index contributed by atoms with van der Waals surface area (Å²) in [5.74, 6) is 1.44. The van der Waals surface area contributed by atoms with Gasteiger partial charge in [-0.2, -0.15) is 0 Å². The molecule has 0 bridgehead atoms. The number of methoxy groups -OCH3 is 2. The van der Waals surface area contributed by atoms with Gasteiger partial charge in [0.1, 0.15) is 11.5 Å². The number of hydrogen-bond acceptors (Lipinski definition) is 4. The van der Waals surface area contributed by atoms with Crippen LogP contribution in [0, 0.1) is 0 Å². The highest BCUT2D eigenvalue weighted by molar-refractivity contribution is 7.10. The summed E-state index contributed by atoms with van der Waals surface area (Å²) < 4.78 is 10.5. The number of nitrogens with zero attached hydrogens (tertiary/aromatic N) is 1. The molecule has 126 valence electrons. The van der Waals surface area contributed by atoms with E-state index in [-0.39, 0.29) is 11.9 Å². The quantitative estimate of drug-likeness (QED) is 0.790. The van der Waals surface area contributed by atoms with Crippen LogP contribution in [0.15, 0.2) is 35.7 Å². The van der Waals surface area contributed by atoms with Gasteiger partial charge in [-0.25, -0.2) is 0 Å². The standard InChI is InChI=1S/C19H21NO3S/c1-13-17-7-9-24-18(17)6-8-20(13)19(21)5-4-14-10-15(22-2)12-16(11-14)23-3/h4-5,7,9-13H,6,8H2,1-3H3/b5-4+/t13-/m1/s1. The fourth-order valence-corrected chi connectivity index (χ4v) is 3.96. The average molecular weight is 343 g/mol. The predicted octanol–water partition coefficient (Wildman–Crippen LogP) is 3.92. The molecule has 1 aromatic heterocycles. The Morgan fingerprint density at radius 2 is 1.96 bits per heavy atom. The van der Waals surface area contributed by atoms with Crippen LogP contribution < -0.4 is 9.47 Å². The van der Waals surface area contributed by atoms with E-state index >= 15 is 0 Å². The van der Waals surface area contributed by atoms with Gasteiger partial charge in [0, 0.05) is 23.6 Å². The minimum atomic E-state index is 0.0288. The third-order valence-corrected chi connectivity index (χ3v) is 5.35. The minimum Gasteiger partial charge on any atom is -0.497 e. The molecule has 1 aromatic carbocycles. The van der Waals surface area contributed by atoms with E-state index in [0.717, 1.165) is 18.5 Å². The fourth-order valence-electron chi connectivity index (χ4n) is 3.00. The van der Waals surface area contributed by atoms with Crippen molar-refractivity contribution in [2.24, 2.45) is 0 Å². The molecule has 3 rings (SSSR count). The van der Waals surface area contributed by atoms with E-state index in [1.165, 1.54) is 10.4 Å². The number of carbonyl (C=O) groups excluding carboxylic acids is 1. The molecule has 2 heterocycles. The highest BCUT2D eigenvalue weighted by Crippen LogP contribution is 2.33. The van der Waals surface area contributed by atoms with Gasteiger partial charge < -0.3 is 14.4 Å². The molecule has 0 radical (unpaired) electrons. The van der Waals surface area contributed by atoms with Gasteiger partial charge in [-0.05, 0) is 54.1 Å². The molecule has 4 nitrogen and oxygen atoms in total. The van der Waals surface area contributed by atoms with Gasteiger partial charge in [-0.3, -0.25) is 4.79 Å². The van der Waals surface area contributed by atoms with Gasteiger partial charge in [-0.15, -0.1) is 11.3 Å². The van der Waals surface area contributed by atoms with Crippen LogP contribution in [0.5, 0.6) is 11.5 Å². The number of benzene rings is 1. The molecule has 1 aliphatic heterocycles. The second kappa shape index (κ2) is 7.09. The molecule has 2 aromatic rings. The number of hydrogen-bond donors (Lipinski definition) is 0. The van der Waals surface area contributed by atoms with E-state index in [1.54, 1.807) is 31.6 Å². The highest BCUT2D eigenvalue weighted by atomic mass is 32.1. The first-order valence-electron chi connectivity index (χ1n) is 7.90. The molecule has 24 heavy (non-hydrogen) atoms. The fraction of sp³-hybridized carbons (Fsp3) is 0.316. The smallest absolute Gasteiger partial charge is 0.247 e. The lowest BCUT2D eigenvalue weighted by molar-refractivity contribution is -0.128. The molecule has 1 amide bonds. The summed E-state index contributed by atoms with van der Waals surface area (Å²) in [6, 6.07) is 7.81. The number of carbonyl (C=O) groups is 1. The van der Waals surface area contributed by atoms with E-state index < -0.39 is 0 Å². The molecule has 1 aliphatic rings. The first-order valence-corrected chi connectivity index (χ1v) is 8.78. The zero-order valence-corrected chi connectivity index (χ0v) is 14.9. The third-order valence-electron chi connectivity index (χ3n) is 4.35. The summed E-state index contributed by atoms with van der Waals surface area (Å²) >= 11 is 1.78. The SMILES string of the molecule is COc1cc(/C=C/C(=O)N2CCc3sccc3[C@H]2C)cc(OC)c1. The number of amides is 1. The molecule has 0 saturated carbocycles. The molecule has 5 heteroatoms. The van der Waals surface area contributed by atoms with Gasteiger partial charge in [0.25, 0.3) is 0 Å². The van der Waals surface area contributed by atoms with E-state index in [0.29, 0.717) is 11.5 Å². The van der Waals surface area contributed by atoms with Gasteiger partial charge in [0.15, 0.2) is 0 Å². The van der Waals surface area contributed by atoms with E-state index in [9.17, 15) is 4.79 Å². The first-order chi connectivity index (χ1) is 11.6. The zero-order chi connectivity index (χ0) is 17.1. The van der Waals surface area contributed by atoms with Crippen molar-refractivity contribution in [3.8, 4) is 11.5 Å². The van der Waals surface area contributed by atoms with Crippen LogP contribution in [-0.4, -0.2) is 31.6 Å². The Kier molecular flexibility index (Phi) is 4.90. The Balaban J connectivity index is 1.76. The molecule has 0 unspecified atom stereocenters. The maximum Gasteiger partial charge on any atom is 0.247 e. The Morgan fingerprint density at radius 1 is 1.25 bits per heavy atom. The molecule has 0 saturated heterocycles. The second-order valence-electron chi connectivity index (χ2n) is 5.74. The van der Waals surface area contributed by atoms with Gasteiger partial charge in [-0.1, -0.05) is 0 Å². The number of rotatable bonds is 4. The largest absolute Gasteiger partial charge is 0.497 e. The van der Waals surface area contributed by atoms with Gasteiger partial charge in [0.2, 0.25) is 5.91 Å². The van der Waals surface area contributed by atoms with Crippen molar-refractivity contribution < 1.29 is 14.3 Å². The van der Waals surface area contributed by atoms with Crippen molar-refractivity contribution >= 4 is 23.3 Å². The third kappa shape index (κ3) is 3.31. The summed E-state index contributed by atoms with van der Waals surface area (Å²) in [7, 11) is 3.22. The van der Waals surface area contributed by atoms with Crippen LogP contribution in [0.1, 0.15) is 29.0 Å². The first kappa shape index (κ1) is 16.6. The van der Waals surface area contributed by atoms with E-state index in [2.05, 4.69) is 18.4 Å². The lowest BCUT2D eigenvalue weighted by Gasteiger charge is -2.32. The molecular weight excluding hydrogens is 322 g/mol. The summed E-state index contributed by atoms with van der Waals surface area (Å²) in [4.78, 5) is 15.9. The Labute approximate surface area is 146 Å². The Bertz CT molecular complexity index is 743. The maximum absolute atomic E-state index is 12.6.